The number of H-pyrrole nitrogens is 1. The first-order valence-electron chi connectivity index (χ1n) is 6.91. The highest BCUT2D eigenvalue weighted by molar-refractivity contribution is 5.74. The van der Waals surface area contributed by atoms with Gasteiger partial charge in [-0.2, -0.15) is 0 Å². The molecule has 0 spiro atoms. The summed E-state index contributed by atoms with van der Waals surface area (Å²) in [5.41, 5.74) is 2.79. The molecule has 4 heteroatoms. The monoisotopic (exact) mass is 257 g/mol. The van der Waals surface area contributed by atoms with Crippen molar-refractivity contribution in [2.24, 2.45) is 5.92 Å². The predicted octanol–water partition coefficient (Wildman–Crippen LogP) is 2.16. The van der Waals surface area contributed by atoms with E-state index in [1.165, 1.54) is 37.7 Å². The van der Waals surface area contributed by atoms with Crippen LogP contribution in [0.3, 0.4) is 0 Å². The fraction of sp³-hybridized carbons (Fsp3) is 0.467. The van der Waals surface area contributed by atoms with Crippen molar-refractivity contribution >= 4 is 11.0 Å². The standard InChI is InChI=1S/C15H19N3O/c1-11-4-6-18(7-5-11)10-12-2-3-13-14(8-12)16-9-15(19)17-13/h2-3,8-9,11H,4-7,10H2,1H3,(H,17,19). The Bertz CT molecular complexity index is 627. The molecule has 1 fully saturated rings. The van der Waals surface area contributed by atoms with E-state index in [-0.39, 0.29) is 5.56 Å². The molecule has 1 aromatic carbocycles. The molecule has 2 aromatic rings. The van der Waals surface area contributed by atoms with Gasteiger partial charge in [0, 0.05) is 6.54 Å². The number of likely N-dealkylation sites (tertiary alicyclic amines) is 1. The van der Waals surface area contributed by atoms with E-state index in [4.69, 9.17) is 0 Å². The van der Waals surface area contributed by atoms with E-state index in [1.807, 2.05) is 6.07 Å². The molecule has 4 nitrogen and oxygen atoms in total. The number of nitrogens with zero attached hydrogens (tertiary/aromatic N) is 2. The van der Waals surface area contributed by atoms with Crippen molar-refractivity contribution in [1.82, 2.24) is 14.9 Å². The van der Waals surface area contributed by atoms with Gasteiger partial charge < -0.3 is 4.98 Å². The van der Waals surface area contributed by atoms with Gasteiger partial charge in [0.15, 0.2) is 0 Å². The number of fused-ring (bicyclic) bond motifs is 1. The molecule has 1 aliphatic rings. The van der Waals surface area contributed by atoms with Crippen molar-refractivity contribution in [3.8, 4) is 0 Å². The van der Waals surface area contributed by atoms with Gasteiger partial charge in [-0.3, -0.25) is 9.69 Å². The van der Waals surface area contributed by atoms with Crippen LogP contribution in [0, 0.1) is 5.92 Å². The molecule has 1 aromatic heterocycles. The summed E-state index contributed by atoms with van der Waals surface area (Å²) in [5, 5.41) is 0. The van der Waals surface area contributed by atoms with E-state index >= 15 is 0 Å². The van der Waals surface area contributed by atoms with Crippen molar-refractivity contribution in [3.05, 3.63) is 40.3 Å². The van der Waals surface area contributed by atoms with Crippen molar-refractivity contribution in [2.45, 2.75) is 26.3 Å². The van der Waals surface area contributed by atoms with Crippen LogP contribution in [-0.4, -0.2) is 28.0 Å². The van der Waals surface area contributed by atoms with Gasteiger partial charge in [-0.15, -0.1) is 0 Å². The van der Waals surface area contributed by atoms with Gasteiger partial charge >= 0.3 is 0 Å². The number of nitrogens with one attached hydrogen (secondary N) is 1. The van der Waals surface area contributed by atoms with Gasteiger partial charge in [-0.1, -0.05) is 13.0 Å². The Hall–Kier alpha value is -1.68. The van der Waals surface area contributed by atoms with Crippen LogP contribution in [-0.2, 0) is 6.54 Å². The van der Waals surface area contributed by atoms with Gasteiger partial charge in [0.25, 0.3) is 5.56 Å². The maximum Gasteiger partial charge on any atom is 0.266 e. The molecule has 100 valence electrons. The topological polar surface area (TPSA) is 49.0 Å². The smallest absolute Gasteiger partial charge is 0.266 e. The molecule has 0 unspecified atom stereocenters. The second-order valence-corrected chi connectivity index (χ2v) is 5.56. The number of rotatable bonds is 2. The number of aromatic amines is 1. The van der Waals surface area contributed by atoms with Crippen molar-refractivity contribution in [3.63, 3.8) is 0 Å². The van der Waals surface area contributed by atoms with Crippen LogP contribution >= 0.6 is 0 Å². The average Bonchev–Trinajstić information content (AvgIpc) is 2.42. The first-order chi connectivity index (χ1) is 9.20. The molecule has 1 N–H and O–H groups in total. The summed E-state index contributed by atoms with van der Waals surface area (Å²) in [5.74, 6) is 0.861. The highest BCUT2D eigenvalue weighted by Crippen LogP contribution is 2.19. The summed E-state index contributed by atoms with van der Waals surface area (Å²) in [6.07, 6.45) is 3.92. The Morgan fingerprint density at radius 2 is 2.16 bits per heavy atom. The molecule has 2 heterocycles. The van der Waals surface area contributed by atoms with Crippen LogP contribution in [0.5, 0.6) is 0 Å². The molecule has 3 rings (SSSR count). The number of benzene rings is 1. The zero-order valence-corrected chi connectivity index (χ0v) is 11.2. The van der Waals surface area contributed by atoms with Gasteiger partial charge in [0.1, 0.15) is 0 Å². The van der Waals surface area contributed by atoms with E-state index in [9.17, 15) is 4.79 Å². The lowest BCUT2D eigenvalue weighted by Gasteiger charge is -2.30. The minimum atomic E-state index is -0.148. The lowest BCUT2D eigenvalue weighted by Crippen LogP contribution is -2.32. The molecular weight excluding hydrogens is 238 g/mol. The van der Waals surface area contributed by atoms with E-state index < -0.39 is 0 Å². The highest BCUT2D eigenvalue weighted by atomic mass is 16.1. The highest BCUT2D eigenvalue weighted by Gasteiger charge is 2.15. The third kappa shape index (κ3) is 2.84. The maximum absolute atomic E-state index is 11.2. The van der Waals surface area contributed by atoms with Crippen LogP contribution in [0.1, 0.15) is 25.3 Å². The molecule has 1 saturated heterocycles. The maximum atomic E-state index is 11.2. The fourth-order valence-corrected chi connectivity index (χ4v) is 2.66. The van der Waals surface area contributed by atoms with Crippen molar-refractivity contribution in [1.29, 1.82) is 0 Å². The SMILES string of the molecule is CC1CCN(Cc2ccc3[nH]c(=O)cnc3c2)CC1. The van der Waals surface area contributed by atoms with Gasteiger partial charge in [-0.05, 0) is 49.5 Å². The minimum Gasteiger partial charge on any atom is -0.319 e. The number of aromatic nitrogens is 2. The molecule has 19 heavy (non-hydrogen) atoms. The molecule has 0 amide bonds. The summed E-state index contributed by atoms with van der Waals surface area (Å²) < 4.78 is 0. The molecule has 0 atom stereocenters. The summed E-state index contributed by atoms with van der Waals surface area (Å²) in [4.78, 5) is 20.7. The third-order valence-electron chi connectivity index (χ3n) is 3.92. The lowest BCUT2D eigenvalue weighted by molar-refractivity contribution is 0.185. The first-order valence-corrected chi connectivity index (χ1v) is 6.91. The number of hydrogen-bond acceptors (Lipinski definition) is 3. The van der Waals surface area contributed by atoms with Crippen LogP contribution in [0.15, 0.2) is 29.2 Å². The second kappa shape index (κ2) is 5.13. The van der Waals surface area contributed by atoms with Crippen LogP contribution < -0.4 is 5.56 Å². The number of hydrogen-bond donors (Lipinski definition) is 1. The molecule has 1 aliphatic heterocycles. The van der Waals surface area contributed by atoms with Gasteiger partial charge in [0.2, 0.25) is 0 Å². The molecule has 0 radical (unpaired) electrons. The van der Waals surface area contributed by atoms with Crippen molar-refractivity contribution < 1.29 is 0 Å². The van der Waals surface area contributed by atoms with Crippen LogP contribution in [0.2, 0.25) is 0 Å². The molecule has 0 aliphatic carbocycles. The molecule has 0 saturated carbocycles. The summed E-state index contributed by atoms with van der Waals surface area (Å²) in [6, 6.07) is 6.10. The average molecular weight is 257 g/mol. The summed E-state index contributed by atoms with van der Waals surface area (Å²) in [7, 11) is 0. The van der Waals surface area contributed by atoms with Crippen molar-refractivity contribution in [2.75, 3.05) is 13.1 Å². The van der Waals surface area contributed by atoms with E-state index in [1.54, 1.807) is 0 Å². The van der Waals surface area contributed by atoms with Crippen LogP contribution in [0.25, 0.3) is 11.0 Å². The zero-order valence-electron chi connectivity index (χ0n) is 11.2. The van der Waals surface area contributed by atoms with Crippen LogP contribution in [0.4, 0.5) is 0 Å². The summed E-state index contributed by atoms with van der Waals surface area (Å²) >= 11 is 0. The van der Waals surface area contributed by atoms with Gasteiger partial charge in [0.05, 0.1) is 17.2 Å². The van der Waals surface area contributed by atoms with Gasteiger partial charge in [-0.25, -0.2) is 4.98 Å². The Morgan fingerprint density at radius 3 is 2.95 bits per heavy atom. The largest absolute Gasteiger partial charge is 0.319 e. The fourth-order valence-electron chi connectivity index (χ4n) is 2.66. The zero-order chi connectivity index (χ0) is 13.2. The Kier molecular flexibility index (Phi) is 3.34. The molecular formula is C15H19N3O. The summed E-state index contributed by atoms with van der Waals surface area (Å²) in [6.45, 7) is 5.66. The van der Waals surface area contributed by atoms with E-state index in [2.05, 4.69) is 33.9 Å². The Labute approximate surface area is 112 Å². The first kappa shape index (κ1) is 12.4. The second-order valence-electron chi connectivity index (χ2n) is 5.56. The number of piperidine rings is 1. The normalized spacial score (nSPS) is 17.9. The lowest BCUT2D eigenvalue weighted by atomic mass is 9.99. The predicted molar refractivity (Wildman–Crippen MR) is 76.0 cm³/mol. The van der Waals surface area contributed by atoms with E-state index in [0.29, 0.717) is 0 Å². The minimum absolute atomic E-state index is 0.148. The Morgan fingerprint density at radius 1 is 1.37 bits per heavy atom. The van der Waals surface area contributed by atoms with E-state index in [0.717, 1.165) is 23.5 Å². The third-order valence-corrected chi connectivity index (χ3v) is 3.92. The quantitative estimate of drug-likeness (QED) is 0.897. The molecule has 0 bridgehead atoms. The Balaban J connectivity index is 1.78.